The van der Waals surface area contributed by atoms with Crippen LogP contribution in [0.2, 0.25) is 0 Å². The molecule has 0 spiro atoms. The topological polar surface area (TPSA) is 74.5 Å². The summed E-state index contributed by atoms with van der Waals surface area (Å²) in [5.74, 6) is 1.15. The van der Waals surface area contributed by atoms with Gasteiger partial charge in [0.25, 0.3) is 0 Å². The SMILES string of the molecule is N#Cc1cccc(OCC(O)CNCC2CCCOC2)c1. The van der Waals surface area contributed by atoms with E-state index in [9.17, 15) is 5.11 Å². The van der Waals surface area contributed by atoms with Gasteiger partial charge in [0.2, 0.25) is 0 Å². The largest absolute Gasteiger partial charge is 0.491 e. The minimum atomic E-state index is -0.569. The van der Waals surface area contributed by atoms with Gasteiger partial charge < -0.3 is 19.9 Å². The van der Waals surface area contributed by atoms with Crippen molar-refractivity contribution in [1.82, 2.24) is 5.32 Å². The summed E-state index contributed by atoms with van der Waals surface area (Å²) in [5.41, 5.74) is 0.553. The van der Waals surface area contributed by atoms with Gasteiger partial charge in [0, 0.05) is 19.7 Å². The Hall–Kier alpha value is -1.61. The third kappa shape index (κ3) is 5.72. The van der Waals surface area contributed by atoms with Crippen LogP contribution in [0.5, 0.6) is 5.75 Å². The zero-order valence-corrected chi connectivity index (χ0v) is 12.1. The summed E-state index contributed by atoms with van der Waals surface area (Å²) in [7, 11) is 0. The summed E-state index contributed by atoms with van der Waals surface area (Å²) < 4.78 is 10.9. The predicted octanol–water partition coefficient (Wildman–Crippen LogP) is 1.31. The van der Waals surface area contributed by atoms with Gasteiger partial charge >= 0.3 is 0 Å². The second-order valence-corrected chi connectivity index (χ2v) is 5.35. The summed E-state index contributed by atoms with van der Waals surface area (Å²) in [6.45, 7) is 3.24. The number of benzene rings is 1. The van der Waals surface area contributed by atoms with Crippen molar-refractivity contribution in [1.29, 1.82) is 5.26 Å². The zero-order chi connectivity index (χ0) is 14.9. The molecule has 0 saturated carbocycles. The Bertz CT molecular complexity index is 467. The average molecular weight is 290 g/mol. The molecule has 1 heterocycles. The van der Waals surface area contributed by atoms with Gasteiger partial charge in [-0.25, -0.2) is 0 Å². The molecule has 0 radical (unpaired) electrons. The fourth-order valence-corrected chi connectivity index (χ4v) is 2.33. The molecule has 0 bridgehead atoms. The zero-order valence-electron chi connectivity index (χ0n) is 12.1. The predicted molar refractivity (Wildman–Crippen MR) is 79.1 cm³/mol. The normalized spacial score (nSPS) is 19.7. The van der Waals surface area contributed by atoms with Gasteiger partial charge in [0.1, 0.15) is 18.5 Å². The van der Waals surface area contributed by atoms with Gasteiger partial charge in [-0.3, -0.25) is 0 Å². The molecule has 2 unspecified atom stereocenters. The van der Waals surface area contributed by atoms with Gasteiger partial charge in [-0.05, 0) is 37.0 Å². The molecule has 21 heavy (non-hydrogen) atoms. The average Bonchev–Trinajstić information content (AvgIpc) is 2.54. The number of ether oxygens (including phenoxy) is 2. The van der Waals surface area contributed by atoms with Crippen LogP contribution in [0.1, 0.15) is 18.4 Å². The van der Waals surface area contributed by atoms with E-state index in [1.807, 2.05) is 0 Å². The van der Waals surface area contributed by atoms with Crippen molar-refractivity contribution in [3.8, 4) is 11.8 Å². The Labute approximate surface area is 125 Å². The lowest BCUT2D eigenvalue weighted by Crippen LogP contribution is -2.36. The Kier molecular flexibility index (Phi) is 6.48. The van der Waals surface area contributed by atoms with Crippen LogP contribution in [-0.4, -0.2) is 44.1 Å². The van der Waals surface area contributed by atoms with Gasteiger partial charge in [-0.1, -0.05) is 6.07 Å². The van der Waals surface area contributed by atoms with Crippen LogP contribution < -0.4 is 10.1 Å². The van der Waals surface area contributed by atoms with Gasteiger partial charge in [-0.15, -0.1) is 0 Å². The third-order valence-corrected chi connectivity index (χ3v) is 3.47. The van der Waals surface area contributed by atoms with Gasteiger partial charge in [0.05, 0.1) is 18.2 Å². The Morgan fingerprint density at radius 1 is 1.52 bits per heavy atom. The van der Waals surface area contributed by atoms with Crippen LogP contribution in [0.15, 0.2) is 24.3 Å². The molecule has 5 heteroatoms. The lowest BCUT2D eigenvalue weighted by atomic mass is 10.0. The summed E-state index contributed by atoms with van der Waals surface area (Å²) in [6, 6.07) is 8.99. The number of rotatable bonds is 7. The second kappa shape index (κ2) is 8.63. The lowest BCUT2D eigenvalue weighted by molar-refractivity contribution is 0.0516. The summed E-state index contributed by atoms with van der Waals surface area (Å²) in [4.78, 5) is 0. The standard InChI is InChI=1S/C16H22N2O3/c17-8-13-3-1-5-16(7-13)21-12-15(19)10-18-9-14-4-2-6-20-11-14/h1,3,5,7,14-15,18-19H,2,4,6,9-12H2. The molecule has 1 aliphatic rings. The maximum atomic E-state index is 9.88. The van der Waals surface area contributed by atoms with Crippen LogP contribution in [0.3, 0.4) is 0 Å². The van der Waals surface area contributed by atoms with E-state index in [-0.39, 0.29) is 6.61 Å². The second-order valence-electron chi connectivity index (χ2n) is 5.35. The number of nitrogens with one attached hydrogen (secondary N) is 1. The molecule has 2 N–H and O–H groups in total. The van der Waals surface area contributed by atoms with Crippen LogP contribution in [0, 0.1) is 17.2 Å². The summed E-state index contributed by atoms with van der Waals surface area (Å²) >= 11 is 0. The van der Waals surface area contributed by atoms with Crippen molar-refractivity contribution in [3.63, 3.8) is 0 Å². The van der Waals surface area contributed by atoms with E-state index in [0.29, 0.717) is 23.8 Å². The molecule has 0 aliphatic carbocycles. The van der Waals surface area contributed by atoms with E-state index >= 15 is 0 Å². The number of nitrogens with zero attached hydrogens (tertiary/aromatic N) is 1. The minimum Gasteiger partial charge on any atom is -0.491 e. The Morgan fingerprint density at radius 2 is 2.43 bits per heavy atom. The van der Waals surface area contributed by atoms with Crippen molar-refractivity contribution in [2.45, 2.75) is 18.9 Å². The van der Waals surface area contributed by atoms with E-state index in [1.165, 1.54) is 6.42 Å². The summed E-state index contributed by atoms with van der Waals surface area (Å²) in [6.07, 6.45) is 1.73. The molecule has 1 fully saturated rings. The number of nitriles is 1. The fraction of sp³-hybridized carbons (Fsp3) is 0.562. The van der Waals surface area contributed by atoms with Crippen molar-refractivity contribution in [2.75, 3.05) is 32.9 Å². The molecule has 1 aliphatic heterocycles. The van der Waals surface area contributed by atoms with Crippen LogP contribution in [0.4, 0.5) is 0 Å². The van der Waals surface area contributed by atoms with Crippen LogP contribution in [0.25, 0.3) is 0 Å². The maximum Gasteiger partial charge on any atom is 0.120 e. The van der Waals surface area contributed by atoms with Crippen molar-refractivity contribution < 1.29 is 14.6 Å². The monoisotopic (exact) mass is 290 g/mol. The number of hydrogen-bond donors (Lipinski definition) is 2. The van der Waals surface area contributed by atoms with E-state index in [2.05, 4.69) is 11.4 Å². The third-order valence-electron chi connectivity index (χ3n) is 3.47. The van der Waals surface area contributed by atoms with Crippen LogP contribution in [-0.2, 0) is 4.74 Å². The lowest BCUT2D eigenvalue weighted by Gasteiger charge is -2.23. The minimum absolute atomic E-state index is 0.211. The maximum absolute atomic E-state index is 9.88. The first-order valence-electron chi connectivity index (χ1n) is 7.37. The molecule has 1 aromatic rings. The molecular formula is C16H22N2O3. The molecule has 0 amide bonds. The van der Waals surface area contributed by atoms with Crippen molar-refractivity contribution in [2.24, 2.45) is 5.92 Å². The first-order valence-corrected chi connectivity index (χ1v) is 7.37. The van der Waals surface area contributed by atoms with Gasteiger partial charge in [0.15, 0.2) is 0 Å². The highest BCUT2D eigenvalue weighted by atomic mass is 16.5. The number of aliphatic hydroxyl groups excluding tert-OH is 1. The molecule has 2 atom stereocenters. The quantitative estimate of drug-likeness (QED) is 0.792. The van der Waals surface area contributed by atoms with E-state index < -0.39 is 6.10 Å². The summed E-state index contributed by atoms with van der Waals surface area (Å²) in [5, 5.41) is 21.9. The highest BCUT2D eigenvalue weighted by Crippen LogP contribution is 2.13. The number of hydrogen-bond acceptors (Lipinski definition) is 5. The van der Waals surface area contributed by atoms with Crippen molar-refractivity contribution >= 4 is 0 Å². The molecule has 2 rings (SSSR count). The highest BCUT2D eigenvalue weighted by Gasteiger charge is 2.14. The molecule has 1 saturated heterocycles. The van der Waals surface area contributed by atoms with E-state index in [1.54, 1.807) is 24.3 Å². The van der Waals surface area contributed by atoms with E-state index in [4.69, 9.17) is 14.7 Å². The van der Waals surface area contributed by atoms with E-state index in [0.717, 1.165) is 26.2 Å². The molecular weight excluding hydrogens is 268 g/mol. The molecule has 0 aromatic heterocycles. The van der Waals surface area contributed by atoms with Gasteiger partial charge in [-0.2, -0.15) is 5.26 Å². The first-order chi connectivity index (χ1) is 10.3. The Morgan fingerprint density at radius 3 is 3.19 bits per heavy atom. The van der Waals surface area contributed by atoms with Crippen LogP contribution >= 0.6 is 0 Å². The molecule has 1 aromatic carbocycles. The van der Waals surface area contributed by atoms with Crippen molar-refractivity contribution in [3.05, 3.63) is 29.8 Å². The smallest absolute Gasteiger partial charge is 0.120 e. The Balaban J connectivity index is 1.62. The number of aliphatic hydroxyl groups is 1. The molecule has 114 valence electrons. The highest BCUT2D eigenvalue weighted by molar-refractivity contribution is 5.36. The molecule has 5 nitrogen and oxygen atoms in total. The fourth-order valence-electron chi connectivity index (χ4n) is 2.33. The first kappa shape index (κ1) is 15.8.